The van der Waals surface area contributed by atoms with Crippen LogP contribution < -0.4 is 15.9 Å². The first-order valence-electron chi connectivity index (χ1n) is 8.67. The molecule has 0 bridgehead atoms. The second-order valence-electron chi connectivity index (χ2n) is 5.83. The maximum absolute atomic E-state index is 12.6. The molecule has 0 unspecified atom stereocenters. The lowest BCUT2D eigenvalue weighted by atomic mass is 10.3. The third-order valence-corrected chi connectivity index (χ3v) is 3.84. The molecule has 12 nitrogen and oxygen atoms in total. The summed E-state index contributed by atoms with van der Waals surface area (Å²) in [4.78, 5) is 16.7. The van der Waals surface area contributed by atoms with Crippen LogP contribution in [-0.4, -0.2) is 42.4 Å². The number of aromatic nitrogens is 6. The molecule has 3 aromatic heterocycles. The van der Waals surface area contributed by atoms with Crippen LogP contribution in [-0.2, 0) is 6.61 Å². The first kappa shape index (κ1) is 18.7. The molecule has 0 saturated carbocycles. The number of hydrogen-bond acceptors (Lipinski definition) is 10. The molecule has 12 heteroatoms. The number of pyridine rings is 1. The number of hydrazone groups is 1. The van der Waals surface area contributed by atoms with E-state index in [0.717, 1.165) is 0 Å². The van der Waals surface area contributed by atoms with Crippen LogP contribution in [0.25, 0.3) is 5.82 Å². The van der Waals surface area contributed by atoms with E-state index in [0.29, 0.717) is 11.4 Å². The summed E-state index contributed by atoms with van der Waals surface area (Å²) in [7, 11) is 0. The number of ether oxygens (including phenoxy) is 1. The Morgan fingerprint density at radius 1 is 1.20 bits per heavy atom. The zero-order valence-corrected chi connectivity index (χ0v) is 15.4. The van der Waals surface area contributed by atoms with Gasteiger partial charge in [0.15, 0.2) is 5.69 Å². The van der Waals surface area contributed by atoms with Gasteiger partial charge < -0.3 is 10.5 Å². The highest BCUT2D eigenvalue weighted by Gasteiger charge is 2.24. The number of benzene rings is 1. The molecule has 3 heterocycles. The van der Waals surface area contributed by atoms with Crippen molar-refractivity contribution >= 4 is 17.9 Å². The van der Waals surface area contributed by atoms with Crippen molar-refractivity contribution in [2.75, 3.05) is 5.73 Å². The lowest BCUT2D eigenvalue weighted by molar-refractivity contribution is 0.0947. The Morgan fingerprint density at radius 2 is 2.03 bits per heavy atom. The Morgan fingerprint density at radius 3 is 2.77 bits per heavy atom. The summed E-state index contributed by atoms with van der Waals surface area (Å²) in [6.45, 7) is -0.0456. The Hall–Kier alpha value is -4.61. The largest absolute Gasteiger partial charge is 0.487 e. The maximum Gasteiger partial charge on any atom is 0.293 e. The normalized spacial score (nSPS) is 10.9. The van der Waals surface area contributed by atoms with Gasteiger partial charge in [-0.05, 0) is 34.6 Å². The average molecular weight is 405 g/mol. The lowest BCUT2D eigenvalue weighted by Gasteiger charge is -2.08. The highest BCUT2D eigenvalue weighted by Crippen LogP contribution is 2.18. The van der Waals surface area contributed by atoms with Crippen molar-refractivity contribution in [3.8, 4) is 11.6 Å². The van der Waals surface area contributed by atoms with Crippen LogP contribution in [0.4, 0.5) is 5.82 Å². The fraction of sp³-hybridized carbons (Fsp3) is 0.0556. The van der Waals surface area contributed by atoms with Crippen molar-refractivity contribution in [3.63, 3.8) is 0 Å². The van der Waals surface area contributed by atoms with Gasteiger partial charge in [-0.3, -0.25) is 9.78 Å². The molecule has 0 aliphatic heterocycles. The molecule has 0 atom stereocenters. The van der Waals surface area contributed by atoms with Crippen LogP contribution in [0.2, 0.25) is 0 Å². The van der Waals surface area contributed by atoms with E-state index in [4.69, 9.17) is 10.5 Å². The van der Waals surface area contributed by atoms with Crippen molar-refractivity contribution < 1.29 is 14.2 Å². The molecule has 30 heavy (non-hydrogen) atoms. The highest BCUT2D eigenvalue weighted by atomic mass is 16.6. The maximum atomic E-state index is 12.6. The molecular weight excluding hydrogens is 390 g/mol. The van der Waals surface area contributed by atoms with Crippen LogP contribution >= 0.6 is 0 Å². The van der Waals surface area contributed by atoms with E-state index in [1.165, 1.54) is 10.9 Å². The zero-order chi connectivity index (χ0) is 20.8. The molecule has 0 fully saturated rings. The average Bonchev–Trinajstić information content (AvgIpc) is 3.39. The SMILES string of the molecule is Nc1nonc1-n1nnc(C(=O)N/N=C/c2ccccn2)c1COc1ccccc1. The number of hydrogen-bond donors (Lipinski definition) is 2. The number of nitrogens with two attached hydrogens (primary N) is 1. The molecule has 0 radical (unpaired) electrons. The van der Waals surface area contributed by atoms with Gasteiger partial charge in [-0.15, -0.1) is 5.10 Å². The van der Waals surface area contributed by atoms with Crippen LogP contribution in [0, 0.1) is 0 Å². The molecule has 0 spiro atoms. The predicted octanol–water partition coefficient (Wildman–Crippen LogP) is 0.970. The van der Waals surface area contributed by atoms with Gasteiger partial charge in [0.05, 0.1) is 11.9 Å². The zero-order valence-electron chi connectivity index (χ0n) is 15.4. The fourth-order valence-electron chi connectivity index (χ4n) is 2.45. The van der Waals surface area contributed by atoms with Gasteiger partial charge in [0.2, 0.25) is 11.6 Å². The molecule has 1 aromatic carbocycles. The number of rotatable bonds is 7. The summed E-state index contributed by atoms with van der Waals surface area (Å²) in [6.07, 6.45) is 3.02. The summed E-state index contributed by atoms with van der Waals surface area (Å²) >= 11 is 0. The second kappa shape index (κ2) is 8.60. The molecule has 0 aliphatic rings. The fourth-order valence-corrected chi connectivity index (χ4v) is 2.45. The number of nitrogen functional groups attached to an aromatic ring is 1. The van der Waals surface area contributed by atoms with E-state index in [1.54, 1.807) is 36.5 Å². The summed E-state index contributed by atoms with van der Waals surface area (Å²) < 4.78 is 11.6. The van der Waals surface area contributed by atoms with E-state index in [-0.39, 0.29) is 29.6 Å². The van der Waals surface area contributed by atoms with Crippen LogP contribution in [0.1, 0.15) is 21.9 Å². The van der Waals surface area contributed by atoms with Crippen molar-refractivity contribution in [1.82, 2.24) is 35.7 Å². The first-order valence-corrected chi connectivity index (χ1v) is 8.67. The van der Waals surface area contributed by atoms with Gasteiger partial charge in [-0.1, -0.05) is 29.5 Å². The Labute approximate surface area is 169 Å². The minimum absolute atomic E-state index is 0.0130. The number of anilines is 1. The summed E-state index contributed by atoms with van der Waals surface area (Å²) in [5.74, 6) is 0.0670. The quantitative estimate of drug-likeness (QED) is 0.337. The summed E-state index contributed by atoms with van der Waals surface area (Å²) in [5.41, 5.74) is 8.98. The van der Waals surface area contributed by atoms with Gasteiger partial charge in [-0.2, -0.15) is 9.78 Å². The molecule has 4 aromatic rings. The van der Waals surface area contributed by atoms with Crippen molar-refractivity contribution in [3.05, 3.63) is 71.8 Å². The van der Waals surface area contributed by atoms with E-state index in [9.17, 15) is 4.79 Å². The minimum atomic E-state index is -0.602. The topological polar surface area (TPSA) is 159 Å². The molecule has 0 aliphatic carbocycles. The van der Waals surface area contributed by atoms with Crippen LogP contribution in [0.3, 0.4) is 0 Å². The summed E-state index contributed by atoms with van der Waals surface area (Å²) in [6, 6.07) is 14.4. The molecule has 150 valence electrons. The number of amides is 1. The van der Waals surface area contributed by atoms with Gasteiger partial charge in [0.1, 0.15) is 18.1 Å². The van der Waals surface area contributed by atoms with Gasteiger partial charge >= 0.3 is 0 Å². The number of carbonyl (C=O) groups is 1. The smallest absolute Gasteiger partial charge is 0.293 e. The van der Waals surface area contributed by atoms with Gasteiger partial charge in [0.25, 0.3) is 5.91 Å². The molecule has 1 amide bonds. The standard InChI is InChI=1S/C18H15N9O3/c19-16-17(25-30-24-16)27-14(11-29-13-7-2-1-3-8-13)15(22-26-27)18(28)23-21-10-12-6-4-5-9-20-12/h1-10H,11H2,(H2,19,24)(H,23,28)/b21-10+. The molecule has 4 rings (SSSR count). The van der Waals surface area contributed by atoms with E-state index in [2.05, 4.69) is 40.8 Å². The number of nitrogens with one attached hydrogen (secondary N) is 1. The van der Waals surface area contributed by atoms with E-state index in [1.807, 2.05) is 18.2 Å². The van der Waals surface area contributed by atoms with Crippen molar-refractivity contribution in [2.45, 2.75) is 6.61 Å². The predicted molar refractivity (Wildman–Crippen MR) is 104 cm³/mol. The molecule has 0 saturated heterocycles. The van der Waals surface area contributed by atoms with Crippen LogP contribution in [0.5, 0.6) is 5.75 Å². The van der Waals surface area contributed by atoms with Crippen molar-refractivity contribution in [1.29, 1.82) is 0 Å². The van der Waals surface area contributed by atoms with Crippen molar-refractivity contribution in [2.24, 2.45) is 5.10 Å². The summed E-state index contributed by atoms with van der Waals surface area (Å²) in [5, 5.41) is 19.0. The minimum Gasteiger partial charge on any atom is -0.487 e. The molecular formula is C18H15N9O3. The Balaban J connectivity index is 1.58. The Kier molecular flexibility index (Phi) is 5.37. The number of carbonyl (C=O) groups excluding carboxylic acids is 1. The molecule has 3 N–H and O–H groups in total. The lowest BCUT2D eigenvalue weighted by Crippen LogP contribution is -2.21. The van der Waals surface area contributed by atoms with E-state index >= 15 is 0 Å². The van der Waals surface area contributed by atoms with Crippen LogP contribution in [0.15, 0.2) is 64.5 Å². The third kappa shape index (κ3) is 4.11. The Bertz CT molecular complexity index is 1160. The second-order valence-corrected chi connectivity index (χ2v) is 5.83. The highest BCUT2D eigenvalue weighted by molar-refractivity contribution is 5.94. The monoisotopic (exact) mass is 405 g/mol. The first-order chi connectivity index (χ1) is 14.7. The number of nitrogens with zero attached hydrogens (tertiary/aromatic N) is 7. The van der Waals surface area contributed by atoms with Gasteiger partial charge in [0, 0.05) is 6.20 Å². The van der Waals surface area contributed by atoms with Gasteiger partial charge in [-0.25, -0.2) is 10.1 Å². The third-order valence-electron chi connectivity index (χ3n) is 3.84. The number of para-hydroxylation sites is 1. The van der Waals surface area contributed by atoms with E-state index < -0.39 is 5.91 Å².